The molecule has 118 valence electrons. The van der Waals surface area contributed by atoms with Crippen LogP contribution in [0, 0.1) is 5.92 Å². The normalized spacial score (nSPS) is 30.7. The van der Waals surface area contributed by atoms with Crippen molar-refractivity contribution in [3.8, 4) is 0 Å². The number of hydrogen-bond donors (Lipinski definition) is 0. The Balaban J connectivity index is 1.78. The van der Waals surface area contributed by atoms with Crippen LogP contribution in [-0.4, -0.2) is 43.9 Å². The zero-order chi connectivity index (χ0) is 14.4. The van der Waals surface area contributed by atoms with Crippen LogP contribution in [0.1, 0.15) is 51.9 Å². The predicted molar refractivity (Wildman–Crippen MR) is 82.3 cm³/mol. The molecule has 0 saturated carbocycles. The van der Waals surface area contributed by atoms with Crippen LogP contribution in [-0.2, 0) is 13.6 Å². The Kier molecular flexibility index (Phi) is 6.54. The van der Waals surface area contributed by atoms with E-state index in [9.17, 15) is 4.57 Å². The van der Waals surface area contributed by atoms with E-state index in [1.807, 2.05) is 0 Å². The molecule has 0 aromatic rings. The smallest absolute Gasteiger partial charge is 0.309 e. The molecule has 3 atom stereocenters. The van der Waals surface area contributed by atoms with Crippen LogP contribution in [0.15, 0.2) is 0 Å². The quantitative estimate of drug-likeness (QED) is 0.528. The highest BCUT2D eigenvalue weighted by Gasteiger charge is 2.34. The summed E-state index contributed by atoms with van der Waals surface area (Å²) in [6.45, 7) is 7.33. The molecule has 2 heterocycles. The lowest BCUT2D eigenvalue weighted by atomic mass is 9.84. The fourth-order valence-corrected chi connectivity index (χ4v) is 4.41. The molecule has 2 unspecified atom stereocenters. The van der Waals surface area contributed by atoms with E-state index >= 15 is 0 Å². The molecule has 0 spiro atoms. The Morgan fingerprint density at radius 2 is 1.95 bits per heavy atom. The summed E-state index contributed by atoms with van der Waals surface area (Å²) in [5, 5.41) is 0. The zero-order valence-corrected chi connectivity index (χ0v) is 13.9. The number of piperidine rings is 2. The van der Waals surface area contributed by atoms with Crippen molar-refractivity contribution in [1.29, 1.82) is 0 Å². The lowest BCUT2D eigenvalue weighted by molar-refractivity contribution is 0.0329. The maximum absolute atomic E-state index is 12.2. The zero-order valence-electron chi connectivity index (χ0n) is 13.1. The third kappa shape index (κ3) is 4.84. The molecule has 0 radical (unpaired) electrons. The summed E-state index contributed by atoms with van der Waals surface area (Å²) in [7, 11) is -2.85. The van der Waals surface area contributed by atoms with Crippen LogP contribution < -0.4 is 0 Å². The molecule has 2 aliphatic heterocycles. The molecule has 0 N–H and O–H groups in total. The van der Waals surface area contributed by atoms with E-state index in [1.54, 1.807) is 6.66 Å². The summed E-state index contributed by atoms with van der Waals surface area (Å²) in [6.07, 6.45) is 8.38. The van der Waals surface area contributed by atoms with Gasteiger partial charge in [0.1, 0.15) is 0 Å². The van der Waals surface area contributed by atoms with Gasteiger partial charge in [-0.1, -0.05) is 19.8 Å². The summed E-state index contributed by atoms with van der Waals surface area (Å²) in [4.78, 5) is 2.61. The first-order chi connectivity index (χ1) is 9.62. The molecule has 2 saturated heterocycles. The van der Waals surface area contributed by atoms with Gasteiger partial charge in [-0.25, -0.2) is 0 Å². The van der Waals surface area contributed by atoms with Gasteiger partial charge in [-0.2, -0.15) is 0 Å². The van der Waals surface area contributed by atoms with Crippen LogP contribution in [0.2, 0.25) is 0 Å². The van der Waals surface area contributed by atoms with Crippen LogP contribution in [0.5, 0.6) is 0 Å². The molecule has 2 aliphatic rings. The van der Waals surface area contributed by atoms with E-state index in [4.69, 9.17) is 9.05 Å². The molecule has 20 heavy (non-hydrogen) atoms. The standard InChI is InChI=1S/C15H30NO3P/c1-3-4-12-18-20(2,17)19-13-14-8-7-11-16-10-6-5-9-15(14)16/h14-15H,3-13H2,1-2H3/t14-,15?,20?/m1/s1. The molecular weight excluding hydrogens is 273 g/mol. The van der Waals surface area contributed by atoms with Crippen LogP contribution in [0.4, 0.5) is 0 Å². The fraction of sp³-hybridized carbons (Fsp3) is 1.00. The highest BCUT2D eigenvalue weighted by Crippen LogP contribution is 2.45. The molecule has 0 aliphatic carbocycles. The summed E-state index contributed by atoms with van der Waals surface area (Å²) >= 11 is 0. The summed E-state index contributed by atoms with van der Waals surface area (Å²) in [5.41, 5.74) is 0. The molecule has 0 aromatic heterocycles. The summed E-state index contributed by atoms with van der Waals surface area (Å²) in [5.74, 6) is 0.534. The van der Waals surface area contributed by atoms with Gasteiger partial charge in [0.25, 0.3) is 0 Å². The molecule has 2 fully saturated rings. The fourth-order valence-electron chi connectivity index (χ4n) is 3.41. The Morgan fingerprint density at radius 3 is 2.75 bits per heavy atom. The van der Waals surface area contributed by atoms with Gasteiger partial charge in [0, 0.05) is 12.7 Å². The largest absolute Gasteiger partial charge is 0.327 e. The predicted octanol–water partition coefficient (Wildman–Crippen LogP) is 3.91. The van der Waals surface area contributed by atoms with Crippen LogP contribution >= 0.6 is 7.60 Å². The first kappa shape index (κ1) is 16.5. The first-order valence-corrected chi connectivity index (χ1v) is 10.2. The lowest BCUT2D eigenvalue weighted by Crippen LogP contribution is -2.49. The minimum Gasteiger partial charge on any atom is -0.309 e. The van der Waals surface area contributed by atoms with Gasteiger partial charge in [0.05, 0.1) is 13.2 Å². The maximum atomic E-state index is 12.2. The van der Waals surface area contributed by atoms with Gasteiger partial charge >= 0.3 is 7.60 Å². The number of rotatable bonds is 7. The summed E-state index contributed by atoms with van der Waals surface area (Å²) in [6, 6.07) is 0.646. The molecule has 0 aromatic carbocycles. The molecule has 4 nitrogen and oxygen atoms in total. The van der Waals surface area contributed by atoms with Crippen LogP contribution in [0.25, 0.3) is 0 Å². The maximum Gasteiger partial charge on any atom is 0.327 e. The van der Waals surface area contributed by atoms with Gasteiger partial charge in [0.2, 0.25) is 0 Å². The SMILES string of the molecule is CCCCOP(C)(=O)OC[C@H]1CCCN2CCCCC12. The molecular formula is C15H30NO3P. The third-order valence-corrected chi connectivity index (χ3v) is 5.85. The van der Waals surface area contributed by atoms with E-state index in [-0.39, 0.29) is 0 Å². The van der Waals surface area contributed by atoms with Gasteiger partial charge in [0.15, 0.2) is 0 Å². The Bertz CT molecular complexity index is 335. The van der Waals surface area contributed by atoms with Crippen molar-refractivity contribution in [1.82, 2.24) is 4.90 Å². The summed E-state index contributed by atoms with van der Waals surface area (Å²) < 4.78 is 23.3. The van der Waals surface area contributed by atoms with E-state index in [0.717, 1.165) is 12.8 Å². The average Bonchev–Trinajstić information content (AvgIpc) is 2.45. The minimum absolute atomic E-state index is 0.534. The third-order valence-electron chi connectivity index (χ3n) is 4.58. The van der Waals surface area contributed by atoms with Crippen LogP contribution in [0.3, 0.4) is 0 Å². The van der Waals surface area contributed by atoms with Crippen molar-refractivity contribution in [2.24, 2.45) is 5.92 Å². The van der Waals surface area contributed by atoms with Crippen molar-refractivity contribution < 1.29 is 13.6 Å². The Labute approximate surface area is 123 Å². The van der Waals surface area contributed by atoms with E-state index < -0.39 is 7.60 Å². The van der Waals surface area contributed by atoms with Gasteiger partial charge in [-0.15, -0.1) is 0 Å². The Hall–Kier alpha value is 0.110. The second kappa shape index (κ2) is 7.93. The van der Waals surface area contributed by atoms with Crippen molar-refractivity contribution in [3.63, 3.8) is 0 Å². The topological polar surface area (TPSA) is 38.8 Å². The van der Waals surface area contributed by atoms with Crippen molar-refractivity contribution in [2.75, 3.05) is 33.0 Å². The highest BCUT2D eigenvalue weighted by atomic mass is 31.2. The van der Waals surface area contributed by atoms with E-state index in [2.05, 4.69) is 11.8 Å². The number of hydrogen-bond acceptors (Lipinski definition) is 4. The molecule has 0 amide bonds. The molecule has 0 bridgehead atoms. The number of unbranched alkanes of at least 4 members (excludes halogenated alkanes) is 1. The van der Waals surface area contributed by atoms with Crippen molar-refractivity contribution in [2.45, 2.75) is 57.9 Å². The highest BCUT2D eigenvalue weighted by molar-refractivity contribution is 7.52. The Morgan fingerprint density at radius 1 is 1.15 bits per heavy atom. The van der Waals surface area contributed by atoms with Gasteiger partial charge in [-0.05, 0) is 51.1 Å². The number of fused-ring (bicyclic) bond motifs is 1. The van der Waals surface area contributed by atoms with E-state index in [0.29, 0.717) is 25.2 Å². The first-order valence-electron chi connectivity index (χ1n) is 8.23. The monoisotopic (exact) mass is 303 g/mol. The van der Waals surface area contributed by atoms with E-state index in [1.165, 1.54) is 45.2 Å². The van der Waals surface area contributed by atoms with Crippen molar-refractivity contribution >= 4 is 7.60 Å². The lowest BCUT2D eigenvalue weighted by Gasteiger charge is -2.44. The van der Waals surface area contributed by atoms with Gasteiger partial charge < -0.3 is 13.9 Å². The number of nitrogens with zero attached hydrogens (tertiary/aromatic N) is 1. The molecule has 2 rings (SSSR count). The average molecular weight is 303 g/mol. The van der Waals surface area contributed by atoms with Crippen molar-refractivity contribution in [3.05, 3.63) is 0 Å². The van der Waals surface area contributed by atoms with Gasteiger partial charge in [-0.3, -0.25) is 4.57 Å². The molecule has 5 heteroatoms. The minimum atomic E-state index is -2.85. The second-order valence-corrected chi connectivity index (χ2v) is 8.31. The second-order valence-electron chi connectivity index (χ2n) is 6.26.